The summed E-state index contributed by atoms with van der Waals surface area (Å²) in [6.45, 7) is 6.27. The van der Waals surface area contributed by atoms with Crippen LogP contribution in [0.2, 0.25) is 0 Å². The van der Waals surface area contributed by atoms with Gasteiger partial charge in [0.2, 0.25) is 0 Å². The van der Waals surface area contributed by atoms with Crippen LogP contribution < -0.4 is 5.32 Å². The van der Waals surface area contributed by atoms with Gasteiger partial charge in [-0.2, -0.15) is 5.10 Å². The minimum atomic E-state index is 0.249. The van der Waals surface area contributed by atoms with Crippen LogP contribution in [0.25, 0.3) is 9.40 Å². The summed E-state index contributed by atoms with van der Waals surface area (Å²) in [5, 5.41) is 10.2. The lowest BCUT2D eigenvalue weighted by Gasteiger charge is -2.18. The van der Waals surface area contributed by atoms with E-state index >= 15 is 0 Å². The highest BCUT2D eigenvalue weighted by Crippen LogP contribution is 2.35. The highest BCUT2D eigenvalue weighted by atomic mass is 32.1. The molecule has 3 rings (SSSR count). The second-order valence-corrected chi connectivity index (χ2v) is 6.83. The molecule has 3 heterocycles. The van der Waals surface area contributed by atoms with E-state index in [0.717, 1.165) is 19.5 Å². The first-order chi connectivity index (χ1) is 9.83. The summed E-state index contributed by atoms with van der Waals surface area (Å²) in [6.07, 6.45) is 3.01. The Morgan fingerprint density at radius 3 is 2.95 bits per heavy atom. The first-order valence-corrected chi connectivity index (χ1v) is 8.75. The summed E-state index contributed by atoms with van der Waals surface area (Å²) in [5.74, 6) is 0. The minimum Gasteiger partial charge on any atom is -0.305 e. The summed E-state index contributed by atoms with van der Waals surface area (Å²) < 4.78 is 4.89. The number of hydrogen-bond acceptors (Lipinski definition) is 4. The maximum absolute atomic E-state index is 4.46. The average molecular weight is 305 g/mol. The molecule has 0 spiro atoms. The molecule has 3 aromatic heterocycles. The van der Waals surface area contributed by atoms with Gasteiger partial charge in [-0.15, -0.1) is 22.7 Å². The van der Waals surface area contributed by atoms with Gasteiger partial charge in [-0.3, -0.25) is 4.68 Å². The van der Waals surface area contributed by atoms with Crippen LogP contribution in [0.4, 0.5) is 0 Å². The summed E-state index contributed by atoms with van der Waals surface area (Å²) in [6, 6.07) is 6.91. The van der Waals surface area contributed by atoms with Gasteiger partial charge < -0.3 is 5.32 Å². The molecular weight excluding hydrogens is 286 g/mol. The number of rotatable bonds is 6. The van der Waals surface area contributed by atoms with Gasteiger partial charge in [0, 0.05) is 27.0 Å². The Labute approximate surface area is 127 Å². The van der Waals surface area contributed by atoms with Crippen molar-refractivity contribution in [3.05, 3.63) is 40.3 Å². The smallest absolute Gasteiger partial charge is 0.0842 e. The van der Waals surface area contributed by atoms with Crippen molar-refractivity contribution in [2.24, 2.45) is 0 Å². The summed E-state index contributed by atoms with van der Waals surface area (Å²) in [5.41, 5.74) is 1.27. The van der Waals surface area contributed by atoms with Gasteiger partial charge in [0.05, 0.1) is 11.7 Å². The van der Waals surface area contributed by atoms with Gasteiger partial charge in [-0.25, -0.2) is 0 Å². The number of nitrogens with one attached hydrogen (secondary N) is 1. The van der Waals surface area contributed by atoms with Gasteiger partial charge in [-0.05, 0) is 36.5 Å². The van der Waals surface area contributed by atoms with Crippen LogP contribution in [0, 0.1) is 0 Å². The van der Waals surface area contributed by atoms with Crippen molar-refractivity contribution in [2.45, 2.75) is 32.9 Å². The van der Waals surface area contributed by atoms with Crippen LogP contribution in [0.5, 0.6) is 0 Å². The number of nitrogens with zero attached hydrogens (tertiary/aromatic N) is 2. The molecule has 0 amide bonds. The highest BCUT2D eigenvalue weighted by molar-refractivity contribution is 7.27. The number of aromatic nitrogens is 2. The van der Waals surface area contributed by atoms with Crippen molar-refractivity contribution >= 4 is 32.1 Å². The van der Waals surface area contributed by atoms with E-state index in [1.54, 1.807) is 0 Å². The molecule has 0 radical (unpaired) electrons. The minimum absolute atomic E-state index is 0.249. The van der Waals surface area contributed by atoms with E-state index in [-0.39, 0.29) is 6.04 Å². The molecule has 0 aliphatic rings. The van der Waals surface area contributed by atoms with Gasteiger partial charge in [-0.1, -0.05) is 13.8 Å². The standard InChI is InChI=1S/C15H19N3S2/c1-3-8-18-11(5-7-17-18)15(16-4-2)14-10-13-12(20-14)6-9-19-13/h5-7,9-10,15-16H,3-4,8H2,1-2H3. The quantitative estimate of drug-likeness (QED) is 0.737. The lowest BCUT2D eigenvalue weighted by Crippen LogP contribution is -2.24. The average Bonchev–Trinajstić information content (AvgIpc) is 3.11. The number of hydrogen-bond donors (Lipinski definition) is 1. The molecule has 0 aliphatic carbocycles. The van der Waals surface area contributed by atoms with Crippen LogP contribution in [-0.2, 0) is 6.54 Å². The second kappa shape index (κ2) is 6.08. The molecule has 0 aromatic carbocycles. The molecule has 0 saturated carbocycles. The maximum Gasteiger partial charge on any atom is 0.0842 e. The van der Waals surface area contributed by atoms with Crippen LogP contribution in [0.3, 0.4) is 0 Å². The zero-order valence-corrected chi connectivity index (χ0v) is 13.4. The van der Waals surface area contributed by atoms with Crippen LogP contribution in [0.15, 0.2) is 29.8 Å². The van der Waals surface area contributed by atoms with E-state index < -0.39 is 0 Å². The fourth-order valence-electron chi connectivity index (χ4n) is 2.47. The van der Waals surface area contributed by atoms with E-state index in [4.69, 9.17) is 0 Å². The van der Waals surface area contributed by atoms with Crippen molar-refractivity contribution in [3.63, 3.8) is 0 Å². The maximum atomic E-state index is 4.46. The topological polar surface area (TPSA) is 29.9 Å². The summed E-state index contributed by atoms with van der Waals surface area (Å²) in [7, 11) is 0. The third-order valence-corrected chi connectivity index (χ3v) is 5.49. The molecule has 1 atom stereocenters. The molecule has 3 aromatic rings. The zero-order chi connectivity index (χ0) is 13.9. The molecule has 0 saturated heterocycles. The molecule has 5 heteroatoms. The summed E-state index contributed by atoms with van der Waals surface area (Å²) >= 11 is 3.70. The fourth-order valence-corrected chi connectivity index (χ4v) is 4.68. The van der Waals surface area contributed by atoms with Crippen molar-refractivity contribution < 1.29 is 0 Å². The Kier molecular flexibility index (Phi) is 4.19. The van der Waals surface area contributed by atoms with Gasteiger partial charge in [0.15, 0.2) is 0 Å². The molecule has 0 aliphatic heterocycles. The number of aryl methyl sites for hydroxylation is 1. The molecule has 20 heavy (non-hydrogen) atoms. The molecule has 0 fully saturated rings. The van der Waals surface area contributed by atoms with Crippen molar-refractivity contribution in [2.75, 3.05) is 6.54 Å². The third-order valence-electron chi connectivity index (χ3n) is 3.33. The largest absolute Gasteiger partial charge is 0.305 e. The Bertz CT molecular complexity index is 651. The monoisotopic (exact) mass is 305 g/mol. The van der Waals surface area contributed by atoms with E-state index in [1.165, 1.54) is 20.0 Å². The number of thiophene rings is 2. The third kappa shape index (κ3) is 2.53. The van der Waals surface area contributed by atoms with Gasteiger partial charge in [0.1, 0.15) is 0 Å². The van der Waals surface area contributed by atoms with E-state index in [9.17, 15) is 0 Å². The molecular formula is C15H19N3S2. The molecule has 1 unspecified atom stereocenters. The predicted molar refractivity (Wildman–Crippen MR) is 87.7 cm³/mol. The molecule has 3 nitrogen and oxygen atoms in total. The first-order valence-electron chi connectivity index (χ1n) is 7.05. The highest BCUT2D eigenvalue weighted by Gasteiger charge is 2.19. The Hall–Kier alpha value is -1.17. The van der Waals surface area contributed by atoms with E-state index in [2.05, 4.69) is 52.5 Å². The predicted octanol–water partition coefficient (Wildman–Crippen LogP) is 4.27. The van der Waals surface area contributed by atoms with Gasteiger partial charge in [0.25, 0.3) is 0 Å². The second-order valence-electron chi connectivity index (χ2n) is 4.77. The van der Waals surface area contributed by atoms with Crippen LogP contribution in [-0.4, -0.2) is 16.3 Å². The van der Waals surface area contributed by atoms with Crippen molar-refractivity contribution in [3.8, 4) is 0 Å². The lowest BCUT2D eigenvalue weighted by atomic mass is 10.1. The SMILES string of the molecule is CCCn1nccc1C(NCC)c1cc2sccc2s1. The Morgan fingerprint density at radius 1 is 1.30 bits per heavy atom. The van der Waals surface area contributed by atoms with Crippen LogP contribution >= 0.6 is 22.7 Å². The van der Waals surface area contributed by atoms with Crippen molar-refractivity contribution in [1.29, 1.82) is 0 Å². The fraction of sp³-hybridized carbons (Fsp3) is 0.400. The molecule has 1 N–H and O–H groups in total. The van der Waals surface area contributed by atoms with Crippen LogP contribution in [0.1, 0.15) is 36.9 Å². The van der Waals surface area contributed by atoms with E-state index in [0.29, 0.717) is 0 Å². The zero-order valence-electron chi connectivity index (χ0n) is 11.8. The molecule has 0 bridgehead atoms. The normalized spacial score (nSPS) is 13.1. The lowest BCUT2D eigenvalue weighted by molar-refractivity contribution is 0.524. The molecule has 106 valence electrons. The van der Waals surface area contributed by atoms with Gasteiger partial charge >= 0.3 is 0 Å². The Balaban J connectivity index is 1.99. The first kappa shape index (κ1) is 13.8. The van der Waals surface area contributed by atoms with Crippen molar-refractivity contribution in [1.82, 2.24) is 15.1 Å². The van der Waals surface area contributed by atoms with E-state index in [1.807, 2.05) is 28.9 Å². The number of fused-ring (bicyclic) bond motifs is 1. The summed E-state index contributed by atoms with van der Waals surface area (Å²) in [4.78, 5) is 1.38. The Morgan fingerprint density at radius 2 is 2.20 bits per heavy atom.